The van der Waals surface area contributed by atoms with Crippen LogP contribution in [0.5, 0.6) is 5.88 Å². The molecule has 1 aromatic carbocycles. The van der Waals surface area contributed by atoms with Crippen LogP contribution < -0.4 is 10.1 Å². The number of benzene rings is 1. The number of amides is 1. The van der Waals surface area contributed by atoms with Crippen LogP contribution in [0.1, 0.15) is 17.3 Å². The molecule has 0 spiro atoms. The third kappa shape index (κ3) is 4.10. The van der Waals surface area contributed by atoms with Crippen LogP contribution in [-0.2, 0) is 0 Å². The third-order valence-corrected chi connectivity index (χ3v) is 4.53. The van der Waals surface area contributed by atoms with Crippen molar-refractivity contribution < 1.29 is 9.53 Å². The number of carbonyl (C=O) groups excluding carboxylic acids is 1. The number of anilines is 1. The molecule has 3 rings (SSSR count). The summed E-state index contributed by atoms with van der Waals surface area (Å²) in [4.78, 5) is 20.9. The van der Waals surface area contributed by atoms with E-state index in [0.717, 1.165) is 5.56 Å². The molecule has 1 amide bonds. The number of nitrogens with zero attached hydrogens (tertiary/aromatic N) is 2. The number of pyridine rings is 1. The molecule has 0 saturated carbocycles. The molecule has 0 atom stereocenters. The Balaban J connectivity index is 1.81. The van der Waals surface area contributed by atoms with E-state index in [9.17, 15) is 4.79 Å². The van der Waals surface area contributed by atoms with Gasteiger partial charge >= 0.3 is 0 Å². The van der Waals surface area contributed by atoms with Crippen molar-refractivity contribution in [2.24, 2.45) is 0 Å². The minimum absolute atomic E-state index is 0.292. The Morgan fingerprint density at radius 2 is 2.16 bits per heavy atom. The lowest BCUT2D eigenvalue weighted by atomic mass is 10.2. The van der Waals surface area contributed by atoms with E-state index in [2.05, 4.69) is 15.3 Å². The van der Waals surface area contributed by atoms with Crippen LogP contribution in [0.3, 0.4) is 0 Å². The maximum absolute atomic E-state index is 12.5. The summed E-state index contributed by atoms with van der Waals surface area (Å²) in [6, 6.07) is 8.51. The lowest BCUT2D eigenvalue weighted by molar-refractivity contribution is 0.102. The van der Waals surface area contributed by atoms with Gasteiger partial charge in [0.25, 0.3) is 5.91 Å². The summed E-state index contributed by atoms with van der Waals surface area (Å²) in [5.41, 5.74) is 1.77. The number of carbonyl (C=O) groups is 1. The average molecular weight is 394 g/mol. The zero-order valence-electron chi connectivity index (χ0n) is 13.1. The maximum atomic E-state index is 12.5. The minimum Gasteiger partial charge on any atom is -0.477 e. The van der Waals surface area contributed by atoms with E-state index in [-0.39, 0.29) is 5.91 Å². The second kappa shape index (κ2) is 7.82. The fourth-order valence-electron chi connectivity index (χ4n) is 2.13. The number of aromatic nitrogens is 2. The summed E-state index contributed by atoms with van der Waals surface area (Å²) in [5, 5.41) is 6.08. The Kier molecular flexibility index (Phi) is 5.53. The highest BCUT2D eigenvalue weighted by molar-refractivity contribution is 7.14. The first-order valence-electron chi connectivity index (χ1n) is 7.38. The summed E-state index contributed by atoms with van der Waals surface area (Å²) in [6.07, 6.45) is 1.58. The Hall–Kier alpha value is -2.15. The molecule has 0 aliphatic rings. The van der Waals surface area contributed by atoms with Gasteiger partial charge in [-0.05, 0) is 37.3 Å². The Morgan fingerprint density at radius 3 is 2.92 bits per heavy atom. The van der Waals surface area contributed by atoms with Crippen molar-refractivity contribution >= 4 is 45.6 Å². The van der Waals surface area contributed by atoms with E-state index < -0.39 is 0 Å². The van der Waals surface area contributed by atoms with E-state index in [1.165, 1.54) is 11.3 Å². The number of hydrogen-bond donors (Lipinski definition) is 1. The predicted molar refractivity (Wildman–Crippen MR) is 101 cm³/mol. The Bertz CT molecular complexity index is 914. The van der Waals surface area contributed by atoms with Gasteiger partial charge in [0.15, 0.2) is 5.13 Å². The van der Waals surface area contributed by atoms with Crippen LogP contribution in [0.15, 0.2) is 41.9 Å². The molecular weight excluding hydrogens is 381 g/mol. The Morgan fingerprint density at radius 1 is 1.32 bits per heavy atom. The molecule has 0 aliphatic carbocycles. The SMILES string of the molecule is CCOc1ncccc1C(=O)Nc1nc(-c2ccc(Cl)cc2Cl)cs1. The first-order valence-corrected chi connectivity index (χ1v) is 9.02. The van der Waals surface area contributed by atoms with Crippen molar-refractivity contribution in [1.29, 1.82) is 0 Å². The van der Waals surface area contributed by atoms with E-state index in [1.54, 1.807) is 36.5 Å². The molecule has 0 aliphatic heterocycles. The monoisotopic (exact) mass is 393 g/mol. The van der Waals surface area contributed by atoms with E-state index in [4.69, 9.17) is 27.9 Å². The van der Waals surface area contributed by atoms with Gasteiger partial charge in [-0.1, -0.05) is 23.2 Å². The molecule has 0 unspecified atom stereocenters. The Labute approximate surface area is 158 Å². The van der Waals surface area contributed by atoms with Gasteiger partial charge in [-0.25, -0.2) is 9.97 Å². The van der Waals surface area contributed by atoms with Crippen LogP contribution in [0.25, 0.3) is 11.3 Å². The fraction of sp³-hybridized carbons (Fsp3) is 0.118. The molecule has 0 saturated heterocycles. The van der Waals surface area contributed by atoms with Crippen molar-refractivity contribution in [3.8, 4) is 17.1 Å². The molecule has 2 aromatic heterocycles. The first-order chi connectivity index (χ1) is 12.1. The molecule has 2 heterocycles. The first kappa shape index (κ1) is 17.7. The highest BCUT2D eigenvalue weighted by atomic mass is 35.5. The highest BCUT2D eigenvalue weighted by Crippen LogP contribution is 2.32. The second-order valence-corrected chi connectivity index (χ2v) is 6.61. The smallest absolute Gasteiger partial charge is 0.262 e. The predicted octanol–water partition coefficient (Wildman–Crippen LogP) is 5.16. The van der Waals surface area contributed by atoms with Gasteiger partial charge in [-0.2, -0.15) is 0 Å². The molecule has 1 N–H and O–H groups in total. The summed E-state index contributed by atoms with van der Waals surface area (Å²) in [7, 11) is 0. The molecule has 0 bridgehead atoms. The number of ether oxygens (including phenoxy) is 1. The molecule has 3 aromatic rings. The highest BCUT2D eigenvalue weighted by Gasteiger charge is 2.16. The summed E-state index contributed by atoms with van der Waals surface area (Å²) in [5.74, 6) is -0.0420. The summed E-state index contributed by atoms with van der Waals surface area (Å²) < 4.78 is 5.38. The van der Waals surface area contributed by atoms with Gasteiger partial charge < -0.3 is 4.74 Å². The normalized spacial score (nSPS) is 10.5. The molecule has 5 nitrogen and oxygen atoms in total. The number of rotatable bonds is 5. The van der Waals surface area contributed by atoms with Gasteiger partial charge in [0.1, 0.15) is 5.56 Å². The third-order valence-electron chi connectivity index (χ3n) is 3.23. The molecule has 8 heteroatoms. The summed E-state index contributed by atoms with van der Waals surface area (Å²) >= 11 is 13.4. The largest absolute Gasteiger partial charge is 0.477 e. The van der Waals surface area contributed by atoms with Gasteiger partial charge in [-0.15, -0.1) is 11.3 Å². The number of halogens is 2. The van der Waals surface area contributed by atoms with Crippen molar-refractivity contribution in [3.63, 3.8) is 0 Å². The van der Waals surface area contributed by atoms with Crippen LogP contribution in [0, 0.1) is 0 Å². The molecule has 128 valence electrons. The fourth-order valence-corrected chi connectivity index (χ4v) is 3.34. The van der Waals surface area contributed by atoms with Crippen molar-refractivity contribution in [1.82, 2.24) is 9.97 Å². The van der Waals surface area contributed by atoms with Gasteiger partial charge in [0.05, 0.1) is 17.3 Å². The topological polar surface area (TPSA) is 64.1 Å². The number of hydrogen-bond acceptors (Lipinski definition) is 5. The quantitative estimate of drug-likeness (QED) is 0.649. The van der Waals surface area contributed by atoms with Crippen LogP contribution in [-0.4, -0.2) is 22.5 Å². The number of thiazole rings is 1. The molecule has 25 heavy (non-hydrogen) atoms. The molecular formula is C17H13Cl2N3O2S. The lowest BCUT2D eigenvalue weighted by Gasteiger charge is -2.07. The summed E-state index contributed by atoms with van der Waals surface area (Å²) in [6.45, 7) is 2.26. The standard InChI is InChI=1S/C17H13Cl2N3O2S/c1-2-24-16-12(4-3-7-20-16)15(23)22-17-21-14(9-25-17)11-6-5-10(18)8-13(11)19/h3-9H,2H2,1H3,(H,21,22,23). The van der Waals surface area contributed by atoms with Crippen molar-refractivity contribution in [2.45, 2.75) is 6.92 Å². The maximum Gasteiger partial charge on any atom is 0.262 e. The number of nitrogens with one attached hydrogen (secondary N) is 1. The van der Waals surface area contributed by atoms with E-state index in [1.807, 2.05) is 12.3 Å². The lowest BCUT2D eigenvalue weighted by Crippen LogP contribution is -2.14. The van der Waals surface area contributed by atoms with Crippen molar-refractivity contribution in [3.05, 3.63) is 57.5 Å². The van der Waals surface area contributed by atoms with Crippen LogP contribution >= 0.6 is 34.5 Å². The van der Waals surface area contributed by atoms with Crippen LogP contribution in [0.4, 0.5) is 5.13 Å². The second-order valence-electron chi connectivity index (χ2n) is 4.91. The molecule has 0 radical (unpaired) electrons. The van der Waals surface area contributed by atoms with Crippen molar-refractivity contribution in [2.75, 3.05) is 11.9 Å². The van der Waals surface area contributed by atoms with E-state index in [0.29, 0.717) is 38.9 Å². The molecule has 0 fully saturated rings. The zero-order chi connectivity index (χ0) is 17.8. The van der Waals surface area contributed by atoms with Gasteiger partial charge in [0, 0.05) is 22.2 Å². The van der Waals surface area contributed by atoms with Crippen LogP contribution in [0.2, 0.25) is 10.0 Å². The average Bonchev–Trinajstić information content (AvgIpc) is 3.03. The zero-order valence-corrected chi connectivity index (χ0v) is 15.5. The van der Waals surface area contributed by atoms with Gasteiger partial charge in [-0.3, -0.25) is 10.1 Å². The van der Waals surface area contributed by atoms with Gasteiger partial charge in [0.2, 0.25) is 5.88 Å². The van der Waals surface area contributed by atoms with E-state index >= 15 is 0 Å². The minimum atomic E-state index is -0.334.